The molecule has 0 fully saturated rings. The highest BCUT2D eigenvalue weighted by molar-refractivity contribution is 5.70. The molecule has 0 amide bonds. The van der Waals surface area contributed by atoms with E-state index in [9.17, 15) is 4.79 Å². The summed E-state index contributed by atoms with van der Waals surface area (Å²) in [5, 5.41) is 6.32. The van der Waals surface area contributed by atoms with Crippen molar-refractivity contribution in [3.05, 3.63) is 0 Å². The molecular formula is C4H8N2O3. The zero-order valence-electron chi connectivity index (χ0n) is 5.33. The molecule has 0 aliphatic heterocycles. The Balaban J connectivity index is 3.17. The number of carbonyl (C=O) groups is 1. The molecule has 0 atom stereocenters. The lowest BCUT2D eigenvalue weighted by atomic mass is 10.7. The van der Waals surface area contributed by atoms with Crippen LogP contribution in [0.25, 0.3) is 0 Å². The average Bonchev–Trinajstić information content (AvgIpc) is 1.89. The highest BCUT2D eigenvalue weighted by Crippen LogP contribution is 1.78. The number of rotatable bonds is 3. The summed E-state index contributed by atoms with van der Waals surface area (Å²) in [5.41, 5.74) is 0. The lowest BCUT2D eigenvalue weighted by Crippen LogP contribution is -2.06. The van der Waals surface area contributed by atoms with Crippen LogP contribution in [0, 0.1) is 0 Å². The van der Waals surface area contributed by atoms with Gasteiger partial charge in [-0.1, -0.05) is 0 Å². The topological polar surface area (TPSA) is 60.2 Å². The molecule has 5 nitrogen and oxygen atoms in total. The van der Waals surface area contributed by atoms with E-state index in [0.717, 1.165) is 0 Å². The first-order valence-corrected chi connectivity index (χ1v) is 2.29. The number of hydrogen-bond donors (Lipinski definition) is 0. The van der Waals surface area contributed by atoms with Crippen molar-refractivity contribution in [1.82, 2.24) is 0 Å². The minimum absolute atomic E-state index is 0.187. The largest absolute Gasteiger partial charge is 0.466 e. The van der Waals surface area contributed by atoms with Crippen LogP contribution in [0.3, 0.4) is 0 Å². The van der Waals surface area contributed by atoms with Crippen LogP contribution >= 0.6 is 0 Å². The second kappa shape index (κ2) is 5.02. The molecule has 5 heteroatoms. The van der Waals surface area contributed by atoms with E-state index in [-0.39, 0.29) is 6.61 Å². The molecule has 52 valence electrons. The fourth-order valence-electron chi connectivity index (χ4n) is 0.198. The summed E-state index contributed by atoms with van der Waals surface area (Å²) in [6.07, 6.45) is 0. The molecule has 0 saturated carbocycles. The van der Waals surface area contributed by atoms with Gasteiger partial charge in [-0.25, -0.2) is 4.79 Å². The minimum atomic E-state index is -0.470. The van der Waals surface area contributed by atoms with Gasteiger partial charge in [0, 0.05) is 5.28 Å². The molecule has 0 rings (SSSR count). The van der Waals surface area contributed by atoms with Gasteiger partial charge < -0.3 is 9.57 Å². The number of carbonyl (C=O) groups excluding carboxylic acids is 1. The van der Waals surface area contributed by atoms with Gasteiger partial charge >= 0.3 is 5.97 Å². The number of hydrogen-bond acceptors (Lipinski definition) is 5. The molecule has 0 aliphatic rings. The van der Waals surface area contributed by atoms with E-state index in [1.807, 2.05) is 0 Å². The van der Waals surface area contributed by atoms with Crippen molar-refractivity contribution in [2.45, 2.75) is 0 Å². The third-order valence-corrected chi connectivity index (χ3v) is 0.549. The van der Waals surface area contributed by atoms with Gasteiger partial charge in [0.1, 0.15) is 0 Å². The van der Waals surface area contributed by atoms with Gasteiger partial charge in [0.25, 0.3) is 0 Å². The Bertz CT molecular complexity index is 112. The average molecular weight is 132 g/mol. The van der Waals surface area contributed by atoms with Gasteiger partial charge in [-0.3, -0.25) is 0 Å². The number of ether oxygens (including phenoxy) is 1. The van der Waals surface area contributed by atoms with Crippen LogP contribution in [0.15, 0.2) is 10.4 Å². The Morgan fingerprint density at radius 2 is 2.33 bits per heavy atom. The number of nitrogens with zero attached hydrogens (tertiary/aromatic N) is 2. The van der Waals surface area contributed by atoms with Crippen LogP contribution in [-0.2, 0) is 14.4 Å². The maximum atomic E-state index is 10.2. The Labute approximate surface area is 52.6 Å². The predicted octanol–water partition coefficient (Wildman–Crippen LogP) is 0.173. The molecule has 0 aromatic carbocycles. The first-order chi connectivity index (χ1) is 4.31. The second-order valence-electron chi connectivity index (χ2n) is 1.13. The summed E-state index contributed by atoms with van der Waals surface area (Å²) in [6.45, 7) is -0.187. The lowest BCUT2D eigenvalue weighted by molar-refractivity contribution is -0.146. The van der Waals surface area contributed by atoms with Crippen molar-refractivity contribution in [3.8, 4) is 0 Å². The maximum Gasteiger partial charge on any atom is 0.346 e. The maximum absolute atomic E-state index is 10.2. The van der Waals surface area contributed by atoms with E-state index in [4.69, 9.17) is 0 Å². The third-order valence-electron chi connectivity index (χ3n) is 0.549. The first kappa shape index (κ1) is 7.87. The SMILES string of the molecule is CN=NOCC(=O)OC. The van der Waals surface area contributed by atoms with Crippen molar-refractivity contribution in [2.24, 2.45) is 10.4 Å². The Kier molecular flexibility index (Phi) is 4.39. The summed E-state index contributed by atoms with van der Waals surface area (Å²) in [4.78, 5) is 14.6. The van der Waals surface area contributed by atoms with Gasteiger partial charge in [0.05, 0.1) is 14.2 Å². The summed E-state index contributed by atoms with van der Waals surface area (Å²) < 4.78 is 4.23. The molecule has 0 aliphatic carbocycles. The van der Waals surface area contributed by atoms with E-state index in [2.05, 4.69) is 20.0 Å². The molecular weight excluding hydrogens is 124 g/mol. The molecule has 0 bridgehead atoms. The van der Waals surface area contributed by atoms with Crippen molar-refractivity contribution >= 4 is 5.97 Å². The lowest BCUT2D eigenvalue weighted by Gasteiger charge is -1.93. The van der Waals surface area contributed by atoms with Gasteiger partial charge in [-0.05, 0) is 0 Å². The fraction of sp³-hybridized carbons (Fsp3) is 0.750. The zero-order valence-corrected chi connectivity index (χ0v) is 5.33. The Hall–Kier alpha value is -1.13. The Morgan fingerprint density at radius 1 is 1.67 bits per heavy atom. The van der Waals surface area contributed by atoms with Gasteiger partial charge in [-0.15, -0.1) is 0 Å². The molecule has 0 unspecified atom stereocenters. The third kappa shape index (κ3) is 4.73. The molecule has 0 aromatic rings. The summed E-state index contributed by atoms with van der Waals surface area (Å²) in [5.74, 6) is -0.470. The van der Waals surface area contributed by atoms with E-state index >= 15 is 0 Å². The van der Waals surface area contributed by atoms with Crippen molar-refractivity contribution < 1.29 is 14.4 Å². The standard InChI is InChI=1S/C4H8N2O3/c1-5-6-9-3-4(7)8-2/h3H2,1-2H3. The highest BCUT2D eigenvalue weighted by atomic mass is 16.7. The summed E-state index contributed by atoms with van der Waals surface area (Å²) >= 11 is 0. The van der Waals surface area contributed by atoms with E-state index in [0.29, 0.717) is 0 Å². The molecule has 0 spiro atoms. The van der Waals surface area contributed by atoms with Gasteiger partial charge in [0.2, 0.25) is 6.61 Å². The van der Waals surface area contributed by atoms with E-state index in [1.54, 1.807) is 0 Å². The van der Waals surface area contributed by atoms with E-state index < -0.39 is 5.97 Å². The second-order valence-corrected chi connectivity index (χ2v) is 1.13. The minimum Gasteiger partial charge on any atom is -0.466 e. The number of esters is 1. The van der Waals surface area contributed by atoms with Crippen LogP contribution in [0.1, 0.15) is 0 Å². The van der Waals surface area contributed by atoms with Gasteiger partial charge in [0.15, 0.2) is 0 Å². The zero-order chi connectivity index (χ0) is 7.11. The normalized spacial score (nSPS) is 9.56. The van der Waals surface area contributed by atoms with Crippen LogP contribution in [0.2, 0.25) is 0 Å². The fourth-order valence-corrected chi connectivity index (χ4v) is 0.198. The van der Waals surface area contributed by atoms with Crippen LogP contribution in [0.5, 0.6) is 0 Å². The highest BCUT2D eigenvalue weighted by Gasteiger charge is 1.96. The van der Waals surface area contributed by atoms with Crippen molar-refractivity contribution in [2.75, 3.05) is 20.8 Å². The molecule has 0 saturated heterocycles. The van der Waals surface area contributed by atoms with E-state index in [1.165, 1.54) is 14.2 Å². The molecule has 0 heterocycles. The predicted molar refractivity (Wildman–Crippen MR) is 28.7 cm³/mol. The van der Waals surface area contributed by atoms with Crippen LogP contribution in [-0.4, -0.2) is 26.7 Å². The van der Waals surface area contributed by atoms with Crippen molar-refractivity contribution in [3.63, 3.8) is 0 Å². The smallest absolute Gasteiger partial charge is 0.346 e. The van der Waals surface area contributed by atoms with Crippen molar-refractivity contribution in [1.29, 1.82) is 0 Å². The van der Waals surface area contributed by atoms with Crippen LogP contribution in [0.4, 0.5) is 0 Å². The summed E-state index contributed by atoms with van der Waals surface area (Å²) in [6, 6.07) is 0. The molecule has 0 aromatic heterocycles. The monoisotopic (exact) mass is 132 g/mol. The van der Waals surface area contributed by atoms with Crippen LogP contribution < -0.4 is 0 Å². The first-order valence-electron chi connectivity index (χ1n) is 2.29. The quantitative estimate of drug-likeness (QED) is 0.312. The van der Waals surface area contributed by atoms with Gasteiger partial charge in [-0.2, -0.15) is 5.11 Å². The molecule has 9 heavy (non-hydrogen) atoms. The molecule has 0 N–H and O–H groups in total. The Morgan fingerprint density at radius 3 is 2.78 bits per heavy atom. The molecule has 0 radical (unpaired) electrons. The number of methoxy groups -OCH3 is 1. The summed E-state index contributed by atoms with van der Waals surface area (Å²) in [7, 11) is 2.71.